The molecule has 0 atom stereocenters. The zero-order valence-electron chi connectivity index (χ0n) is 13.9. The molecular weight excluding hydrogens is 308 g/mol. The van der Waals surface area contributed by atoms with E-state index in [0.29, 0.717) is 44.0 Å². The lowest BCUT2D eigenvalue weighted by Gasteiger charge is -2.37. The fourth-order valence-electron chi connectivity index (χ4n) is 3.80. The second-order valence-corrected chi connectivity index (χ2v) is 6.79. The summed E-state index contributed by atoms with van der Waals surface area (Å²) in [7, 11) is 0. The van der Waals surface area contributed by atoms with Crippen molar-refractivity contribution >= 4 is 11.9 Å². The van der Waals surface area contributed by atoms with Crippen molar-refractivity contribution in [3.05, 3.63) is 18.0 Å². The molecule has 1 aliphatic carbocycles. The Kier molecular flexibility index (Phi) is 4.37. The third kappa shape index (κ3) is 3.23. The summed E-state index contributed by atoms with van der Waals surface area (Å²) in [6.45, 7) is 2.56. The highest BCUT2D eigenvalue weighted by Gasteiger charge is 2.41. The smallest absolute Gasteiger partial charge is 0.272 e. The Morgan fingerprint density at radius 2 is 1.92 bits per heavy atom. The number of anilines is 1. The van der Waals surface area contributed by atoms with Crippen LogP contribution in [0.15, 0.2) is 12.3 Å². The summed E-state index contributed by atoms with van der Waals surface area (Å²) in [5.41, 5.74) is 0.453. The van der Waals surface area contributed by atoms with Gasteiger partial charge in [0.05, 0.1) is 13.2 Å². The number of carbonyl (C=O) groups is 1. The molecule has 1 N–H and O–H groups in total. The monoisotopic (exact) mass is 332 g/mol. The maximum absolute atomic E-state index is 12.7. The number of hydrogen-bond acceptors (Lipinski definition) is 6. The SMILES string of the molecule is O=C(c1ccnc(NC2CCCC2)n1)N1CCC2(CC1)OCCO2. The van der Waals surface area contributed by atoms with Gasteiger partial charge in [0.15, 0.2) is 5.79 Å². The number of rotatable bonds is 3. The molecule has 7 nitrogen and oxygen atoms in total. The summed E-state index contributed by atoms with van der Waals surface area (Å²) in [6, 6.07) is 2.12. The van der Waals surface area contributed by atoms with Crippen molar-refractivity contribution in [1.82, 2.24) is 14.9 Å². The molecule has 3 heterocycles. The molecule has 2 saturated heterocycles. The van der Waals surface area contributed by atoms with Gasteiger partial charge in [0.2, 0.25) is 5.95 Å². The van der Waals surface area contributed by atoms with Crippen LogP contribution in [0.2, 0.25) is 0 Å². The second kappa shape index (κ2) is 6.64. The Balaban J connectivity index is 1.39. The predicted molar refractivity (Wildman–Crippen MR) is 87.7 cm³/mol. The molecule has 7 heteroatoms. The molecular formula is C17H24N4O3. The van der Waals surface area contributed by atoms with Crippen LogP contribution < -0.4 is 5.32 Å². The minimum absolute atomic E-state index is 0.0419. The molecule has 4 rings (SSSR count). The zero-order valence-corrected chi connectivity index (χ0v) is 13.9. The van der Waals surface area contributed by atoms with Gasteiger partial charge in [0, 0.05) is 38.2 Å². The van der Waals surface area contributed by atoms with Gasteiger partial charge in [-0.05, 0) is 18.9 Å². The van der Waals surface area contributed by atoms with E-state index in [-0.39, 0.29) is 5.91 Å². The first-order valence-corrected chi connectivity index (χ1v) is 8.91. The van der Waals surface area contributed by atoms with Crippen LogP contribution in [0, 0.1) is 0 Å². The maximum atomic E-state index is 12.7. The van der Waals surface area contributed by atoms with Gasteiger partial charge < -0.3 is 19.7 Å². The Morgan fingerprint density at radius 1 is 1.21 bits per heavy atom. The van der Waals surface area contributed by atoms with Crippen LogP contribution in [0.3, 0.4) is 0 Å². The first-order chi connectivity index (χ1) is 11.7. The highest BCUT2D eigenvalue weighted by molar-refractivity contribution is 5.92. The van der Waals surface area contributed by atoms with Crippen molar-refractivity contribution in [2.45, 2.75) is 50.4 Å². The summed E-state index contributed by atoms with van der Waals surface area (Å²) in [5, 5.41) is 3.35. The van der Waals surface area contributed by atoms with E-state index in [1.54, 1.807) is 12.3 Å². The van der Waals surface area contributed by atoms with E-state index in [9.17, 15) is 4.79 Å². The highest BCUT2D eigenvalue weighted by atomic mass is 16.7. The quantitative estimate of drug-likeness (QED) is 0.910. The number of likely N-dealkylation sites (tertiary alicyclic amines) is 1. The van der Waals surface area contributed by atoms with E-state index in [1.165, 1.54) is 12.8 Å². The second-order valence-electron chi connectivity index (χ2n) is 6.79. The van der Waals surface area contributed by atoms with Crippen LogP contribution in [-0.4, -0.2) is 58.9 Å². The Bertz CT molecular complexity index is 587. The van der Waals surface area contributed by atoms with Crippen LogP contribution in [0.1, 0.15) is 49.0 Å². The number of carbonyl (C=O) groups excluding carboxylic acids is 1. The standard InChI is InChI=1S/C17H24N4O3/c22-15(21-9-6-17(7-10-21)23-11-12-24-17)14-5-8-18-16(20-14)19-13-3-1-2-4-13/h5,8,13H,1-4,6-7,9-12H2,(H,18,19,20). The van der Waals surface area contributed by atoms with E-state index >= 15 is 0 Å². The number of hydrogen-bond donors (Lipinski definition) is 1. The normalized spacial score (nSPS) is 23.8. The molecule has 3 aliphatic rings. The van der Waals surface area contributed by atoms with Crippen molar-refractivity contribution < 1.29 is 14.3 Å². The minimum Gasteiger partial charge on any atom is -0.351 e. The van der Waals surface area contributed by atoms with Crippen molar-refractivity contribution in [2.24, 2.45) is 0 Å². The molecule has 130 valence electrons. The van der Waals surface area contributed by atoms with E-state index in [1.807, 2.05) is 4.90 Å². The van der Waals surface area contributed by atoms with E-state index in [2.05, 4.69) is 15.3 Å². The molecule has 1 spiro atoms. The molecule has 3 fully saturated rings. The minimum atomic E-state index is -0.461. The van der Waals surface area contributed by atoms with Gasteiger partial charge in [-0.25, -0.2) is 9.97 Å². The van der Waals surface area contributed by atoms with Crippen LogP contribution >= 0.6 is 0 Å². The molecule has 0 aromatic carbocycles. The molecule has 1 amide bonds. The lowest BCUT2D eigenvalue weighted by atomic mass is 10.0. The number of ether oxygens (including phenoxy) is 2. The summed E-state index contributed by atoms with van der Waals surface area (Å²) in [5.74, 6) is 0.0564. The molecule has 0 bridgehead atoms. The van der Waals surface area contributed by atoms with Crippen molar-refractivity contribution in [2.75, 3.05) is 31.6 Å². The average molecular weight is 332 g/mol. The van der Waals surface area contributed by atoms with Crippen LogP contribution in [0.25, 0.3) is 0 Å². The fourth-order valence-corrected chi connectivity index (χ4v) is 3.80. The van der Waals surface area contributed by atoms with Crippen molar-refractivity contribution in [3.63, 3.8) is 0 Å². The van der Waals surface area contributed by atoms with Crippen molar-refractivity contribution in [3.8, 4) is 0 Å². The molecule has 1 aromatic heterocycles. The topological polar surface area (TPSA) is 76.6 Å². The molecule has 0 unspecified atom stereocenters. The number of piperidine rings is 1. The zero-order chi connectivity index (χ0) is 16.4. The van der Waals surface area contributed by atoms with Gasteiger partial charge in [-0.3, -0.25) is 4.79 Å². The third-order valence-corrected chi connectivity index (χ3v) is 5.19. The lowest BCUT2D eigenvalue weighted by molar-refractivity contribution is -0.181. The van der Waals surface area contributed by atoms with E-state index < -0.39 is 5.79 Å². The van der Waals surface area contributed by atoms with Crippen LogP contribution in [0.4, 0.5) is 5.95 Å². The van der Waals surface area contributed by atoms with Crippen LogP contribution in [0.5, 0.6) is 0 Å². The van der Waals surface area contributed by atoms with Gasteiger partial charge in [-0.15, -0.1) is 0 Å². The largest absolute Gasteiger partial charge is 0.351 e. The molecule has 2 aliphatic heterocycles. The van der Waals surface area contributed by atoms with E-state index in [0.717, 1.165) is 25.7 Å². The maximum Gasteiger partial charge on any atom is 0.272 e. The molecule has 1 saturated carbocycles. The highest BCUT2D eigenvalue weighted by Crippen LogP contribution is 2.31. The van der Waals surface area contributed by atoms with E-state index in [4.69, 9.17) is 9.47 Å². The summed E-state index contributed by atoms with van der Waals surface area (Å²) < 4.78 is 11.4. The number of amides is 1. The van der Waals surface area contributed by atoms with Crippen LogP contribution in [-0.2, 0) is 9.47 Å². The first kappa shape index (κ1) is 15.8. The van der Waals surface area contributed by atoms with Gasteiger partial charge in [-0.1, -0.05) is 12.8 Å². The average Bonchev–Trinajstić information content (AvgIpc) is 3.28. The Hall–Kier alpha value is -1.73. The van der Waals surface area contributed by atoms with Gasteiger partial charge in [-0.2, -0.15) is 0 Å². The summed E-state index contributed by atoms with van der Waals surface area (Å²) in [4.78, 5) is 23.2. The molecule has 0 radical (unpaired) electrons. The molecule has 1 aromatic rings. The predicted octanol–water partition coefficient (Wildman–Crippen LogP) is 1.81. The fraction of sp³-hybridized carbons (Fsp3) is 0.706. The Labute approximate surface area is 141 Å². The number of nitrogens with zero attached hydrogens (tertiary/aromatic N) is 3. The summed E-state index contributed by atoms with van der Waals surface area (Å²) in [6.07, 6.45) is 7.89. The lowest BCUT2D eigenvalue weighted by Crippen LogP contribution is -2.47. The number of nitrogens with one attached hydrogen (secondary N) is 1. The summed E-state index contributed by atoms with van der Waals surface area (Å²) >= 11 is 0. The Morgan fingerprint density at radius 3 is 2.62 bits per heavy atom. The van der Waals surface area contributed by atoms with Gasteiger partial charge >= 0.3 is 0 Å². The first-order valence-electron chi connectivity index (χ1n) is 8.91. The van der Waals surface area contributed by atoms with Crippen molar-refractivity contribution in [1.29, 1.82) is 0 Å². The van der Waals surface area contributed by atoms with Gasteiger partial charge in [0.25, 0.3) is 5.91 Å². The molecule has 24 heavy (non-hydrogen) atoms. The number of aromatic nitrogens is 2. The van der Waals surface area contributed by atoms with Gasteiger partial charge in [0.1, 0.15) is 5.69 Å². The third-order valence-electron chi connectivity index (χ3n) is 5.19.